The summed E-state index contributed by atoms with van der Waals surface area (Å²) in [6.45, 7) is 4.23. The molecule has 2 N–H and O–H groups in total. The molecule has 8 heteroatoms. The smallest absolute Gasteiger partial charge is 0.289 e. The molecule has 0 aliphatic rings. The summed E-state index contributed by atoms with van der Waals surface area (Å²) < 4.78 is 14.8. The van der Waals surface area contributed by atoms with Crippen LogP contribution in [0.15, 0.2) is 54.7 Å². The van der Waals surface area contributed by atoms with Crippen LogP contribution in [0, 0.1) is 19.7 Å². The largest absolute Gasteiger partial charge is 0.354 e. The van der Waals surface area contributed by atoms with Crippen molar-refractivity contribution in [3.05, 3.63) is 83.2 Å². The van der Waals surface area contributed by atoms with E-state index in [4.69, 9.17) is 0 Å². The third-order valence-corrected chi connectivity index (χ3v) is 5.33. The minimum absolute atomic E-state index is 0.194. The number of aromatic nitrogens is 5. The van der Waals surface area contributed by atoms with Crippen molar-refractivity contribution in [2.45, 2.75) is 20.4 Å². The first-order valence-corrected chi connectivity index (χ1v) is 9.83. The van der Waals surface area contributed by atoms with E-state index in [9.17, 15) is 9.18 Å². The lowest BCUT2D eigenvalue weighted by molar-refractivity contribution is 0.0939. The van der Waals surface area contributed by atoms with E-state index in [0.717, 1.165) is 39.0 Å². The average Bonchev–Trinajstić information content (AvgIpc) is 3.33. The number of aromatic amines is 1. The number of aryl methyl sites for hydroxylation is 2. The molecule has 0 unspecified atom stereocenters. The third kappa shape index (κ3) is 3.42. The van der Waals surface area contributed by atoms with Gasteiger partial charge in [0, 0.05) is 35.0 Å². The van der Waals surface area contributed by atoms with Crippen LogP contribution in [0.5, 0.6) is 0 Å². The second-order valence-corrected chi connectivity index (χ2v) is 7.46. The Labute approximate surface area is 177 Å². The molecule has 7 nitrogen and oxygen atoms in total. The third-order valence-electron chi connectivity index (χ3n) is 5.33. The fourth-order valence-corrected chi connectivity index (χ4v) is 3.68. The molecule has 0 aliphatic carbocycles. The Hall–Kier alpha value is -4.07. The minimum Gasteiger partial charge on any atom is -0.354 e. The highest BCUT2D eigenvalue weighted by atomic mass is 19.1. The van der Waals surface area contributed by atoms with Crippen LogP contribution in [0.4, 0.5) is 4.39 Å². The average molecular weight is 414 g/mol. The first-order chi connectivity index (χ1) is 15.0. The van der Waals surface area contributed by atoms with Crippen molar-refractivity contribution in [3.8, 4) is 11.3 Å². The number of H-pyrrole nitrogens is 1. The van der Waals surface area contributed by atoms with Gasteiger partial charge in [0.2, 0.25) is 5.82 Å². The summed E-state index contributed by atoms with van der Waals surface area (Å²) >= 11 is 0. The zero-order valence-electron chi connectivity index (χ0n) is 17.0. The summed E-state index contributed by atoms with van der Waals surface area (Å²) in [5.41, 5.74) is 5.69. The fourth-order valence-electron chi connectivity index (χ4n) is 3.68. The topological polar surface area (TPSA) is 88.0 Å². The first kappa shape index (κ1) is 18.9. The Kier molecular flexibility index (Phi) is 4.47. The summed E-state index contributed by atoms with van der Waals surface area (Å²) in [7, 11) is 0. The number of fused-ring (bicyclic) bond motifs is 2. The monoisotopic (exact) mass is 414 g/mol. The molecule has 2 aromatic carbocycles. The van der Waals surface area contributed by atoms with Gasteiger partial charge in [0.1, 0.15) is 5.82 Å². The van der Waals surface area contributed by atoms with Crippen molar-refractivity contribution < 1.29 is 9.18 Å². The van der Waals surface area contributed by atoms with Gasteiger partial charge < -0.3 is 10.3 Å². The molecule has 3 heterocycles. The minimum atomic E-state index is -0.323. The molecule has 3 aromatic heterocycles. The van der Waals surface area contributed by atoms with Crippen molar-refractivity contribution in [3.63, 3.8) is 0 Å². The molecule has 0 radical (unpaired) electrons. The predicted octanol–water partition coefficient (Wildman–Crippen LogP) is 3.96. The van der Waals surface area contributed by atoms with Crippen LogP contribution in [0.1, 0.15) is 27.4 Å². The number of amides is 1. The van der Waals surface area contributed by atoms with Gasteiger partial charge in [0.15, 0.2) is 0 Å². The van der Waals surface area contributed by atoms with Crippen molar-refractivity contribution in [1.29, 1.82) is 0 Å². The van der Waals surface area contributed by atoms with E-state index < -0.39 is 0 Å². The number of carbonyl (C=O) groups is 1. The Bertz CT molecular complexity index is 1430. The van der Waals surface area contributed by atoms with E-state index in [2.05, 4.69) is 25.5 Å². The molecule has 31 heavy (non-hydrogen) atoms. The Morgan fingerprint density at radius 3 is 2.71 bits per heavy atom. The van der Waals surface area contributed by atoms with E-state index in [1.165, 1.54) is 12.1 Å². The van der Waals surface area contributed by atoms with Gasteiger partial charge in [-0.25, -0.2) is 9.37 Å². The molecule has 0 saturated heterocycles. The summed E-state index contributed by atoms with van der Waals surface area (Å²) in [6.07, 6.45) is 1.73. The highest BCUT2D eigenvalue weighted by Gasteiger charge is 2.15. The van der Waals surface area contributed by atoms with Gasteiger partial charge in [-0.2, -0.15) is 0 Å². The number of rotatable bonds is 4. The van der Waals surface area contributed by atoms with Crippen molar-refractivity contribution >= 4 is 22.6 Å². The summed E-state index contributed by atoms with van der Waals surface area (Å²) in [5.74, 6) is 0.000734. The number of hydrogen-bond acceptors (Lipinski definition) is 4. The Morgan fingerprint density at radius 1 is 1.10 bits per heavy atom. The van der Waals surface area contributed by atoms with Gasteiger partial charge in [-0.05, 0) is 73.0 Å². The summed E-state index contributed by atoms with van der Waals surface area (Å²) in [5, 5.41) is 11.9. The van der Waals surface area contributed by atoms with Crippen LogP contribution in [-0.4, -0.2) is 30.5 Å². The van der Waals surface area contributed by atoms with Crippen LogP contribution in [-0.2, 0) is 6.54 Å². The molecule has 0 fully saturated rings. The molecule has 1 amide bonds. The predicted molar refractivity (Wildman–Crippen MR) is 115 cm³/mol. The summed E-state index contributed by atoms with van der Waals surface area (Å²) in [6, 6.07) is 14.2. The molecule has 0 atom stereocenters. The zero-order valence-corrected chi connectivity index (χ0v) is 17.0. The molecule has 0 aliphatic heterocycles. The molecule has 0 saturated carbocycles. The maximum atomic E-state index is 13.3. The lowest BCUT2D eigenvalue weighted by Gasteiger charge is -2.05. The maximum absolute atomic E-state index is 13.3. The van der Waals surface area contributed by atoms with Gasteiger partial charge in [0.25, 0.3) is 11.7 Å². The van der Waals surface area contributed by atoms with Crippen molar-refractivity contribution in [1.82, 2.24) is 29.9 Å². The van der Waals surface area contributed by atoms with Crippen LogP contribution >= 0.6 is 0 Å². The zero-order chi connectivity index (χ0) is 21.5. The highest BCUT2D eigenvalue weighted by Crippen LogP contribution is 2.30. The van der Waals surface area contributed by atoms with E-state index in [1.807, 2.05) is 32.0 Å². The lowest BCUT2D eigenvalue weighted by atomic mass is 10.1. The number of carbonyl (C=O) groups excluding carboxylic acids is 1. The SMILES string of the molecule is Cc1ccn2c(C(=O)NCc3ccc4[nH]c(-c5ccc(F)cc5)c(C)c4c3)nnc2n1. The maximum Gasteiger partial charge on any atom is 0.289 e. The van der Waals surface area contributed by atoms with E-state index in [1.54, 1.807) is 28.8 Å². The molecule has 0 bridgehead atoms. The van der Waals surface area contributed by atoms with Gasteiger partial charge in [-0.15, -0.1) is 10.2 Å². The van der Waals surface area contributed by atoms with Gasteiger partial charge in [0.05, 0.1) is 0 Å². The number of nitrogens with zero attached hydrogens (tertiary/aromatic N) is 4. The van der Waals surface area contributed by atoms with Crippen molar-refractivity contribution in [2.24, 2.45) is 0 Å². The molecule has 154 valence electrons. The quantitative estimate of drug-likeness (QED) is 0.466. The fraction of sp³-hybridized carbons (Fsp3) is 0.130. The number of benzene rings is 2. The first-order valence-electron chi connectivity index (χ1n) is 9.83. The highest BCUT2D eigenvalue weighted by molar-refractivity contribution is 5.92. The van der Waals surface area contributed by atoms with Crippen LogP contribution in [0.25, 0.3) is 27.9 Å². The normalized spacial score (nSPS) is 11.3. The van der Waals surface area contributed by atoms with Gasteiger partial charge in [-0.1, -0.05) is 6.07 Å². The van der Waals surface area contributed by atoms with Gasteiger partial charge >= 0.3 is 0 Å². The van der Waals surface area contributed by atoms with E-state index in [-0.39, 0.29) is 17.5 Å². The molecular formula is C23H19FN6O. The Balaban J connectivity index is 1.38. The molecule has 5 rings (SSSR count). The van der Waals surface area contributed by atoms with E-state index >= 15 is 0 Å². The number of halogens is 1. The van der Waals surface area contributed by atoms with Crippen molar-refractivity contribution in [2.75, 3.05) is 0 Å². The molecular weight excluding hydrogens is 395 g/mol. The molecule has 0 spiro atoms. The number of hydrogen-bond donors (Lipinski definition) is 2. The van der Waals surface area contributed by atoms with Crippen LogP contribution < -0.4 is 5.32 Å². The molecule has 5 aromatic rings. The van der Waals surface area contributed by atoms with E-state index in [0.29, 0.717) is 12.3 Å². The second-order valence-electron chi connectivity index (χ2n) is 7.46. The lowest BCUT2D eigenvalue weighted by Crippen LogP contribution is -2.25. The van der Waals surface area contributed by atoms with Crippen LogP contribution in [0.2, 0.25) is 0 Å². The van der Waals surface area contributed by atoms with Crippen LogP contribution in [0.3, 0.4) is 0 Å². The number of nitrogens with one attached hydrogen (secondary N) is 2. The Morgan fingerprint density at radius 2 is 1.90 bits per heavy atom. The second kappa shape index (κ2) is 7.32. The standard InChI is InChI=1S/C23H19FN6O/c1-13-9-10-30-21(28-29-23(30)26-13)22(31)25-12-15-3-8-19-18(11-15)14(2)20(27-19)16-4-6-17(24)7-5-16/h3-11,27H,12H2,1-2H3,(H,25,31). The van der Waals surface area contributed by atoms with Gasteiger partial charge in [-0.3, -0.25) is 9.20 Å². The summed E-state index contributed by atoms with van der Waals surface area (Å²) in [4.78, 5) is 20.3.